The summed E-state index contributed by atoms with van der Waals surface area (Å²) < 4.78 is 10.7. The van der Waals surface area contributed by atoms with Gasteiger partial charge in [0.15, 0.2) is 0 Å². The van der Waals surface area contributed by atoms with Gasteiger partial charge in [-0.05, 0) is 49.4 Å². The van der Waals surface area contributed by atoms with E-state index in [9.17, 15) is 5.11 Å². The SMILES string of the molecule is COc1ccc(NCC(O)COCCCC(C)C)cc1C. The van der Waals surface area contributed by atoms with Crippen molar-refractivity contribution in [1.82, 2.24) is 0 Å². The van der Waals surface area contributed by atoms with Crippen molar-refractivity contribution in [2.24, 2.45) is 5.92 Å². The van der Waals surface area contributed by atoms with Gasteiger partial charge in [-0.3, -0.25) is 0 Å². The summed E-state index contributed by atoms with van der Waals surface area (Å²) in [6.07, 6.45) is 1.72. The average Bonchev–Trinajstić information content (AvgIpc) is 2.44. The van der Waals surface area contributed by atoms with Crippen molar-refractivity contribution in [2.75, 3.05) is 32.2 Å². The van der Waals surface area contributed by atoms with Crippen LogP contribution in [0.5, 0.6) is 5.75 Å². The topological polar surface area (TPSA) is 50.7 Å². The summed E-state index contributed by atoms with van der Waals surface area (Å²) in [7, 11) is 1.66. The number of anilines is 1. The first-order chi connectivity index (χ1) is 10.0. The largest absolute Gasteiger partial charge is 0.496 e. The normalized spacial score (nSPS) is 12.5. The number of aliphatic hydroxyl groups is 1. The van der Waals surface area contributed by atoms with Crippen LogP contribution < -0.4 is 10.1 Å². The number of methoxy groups -OCH3 is 1. The lowest BCUT2D eigenvalue weighted by atomic mass is 10.1. The first-order valence-electron chi connectivity index (χ1n) is 7.67. The highest BCUT2D eigenvalue weighted by Gasteiger charge is 2.05. The summed E-state index contributed by atoms with van der Waals surface area (Å²) >= 11 is 0. The molecule has 0 heterocycles. The van der Waals surface area contributed by atoms with E-state index in [0.717, 1.165) is 30.0 Å². The van der Waals surface area contributed by atoms with Crippen molar-refractivity contribution in [3.63, 3.8) is 0 Å². The van der Waals surface area contributed by atoms with Crippen LogP contribution in [0.15, 0.2) is 18.2 Å². The maximum Gasteiger partial charge on any atom is 0.121 e. The lowest BCUT2D eigenvalue weighted by Crippen LogP contribution is -2.25. The smallest absolute Gasteiger partial charge is 0.121 e. The maximum absolute atomic E-state index is 9.88. The van der Waals surface area contributed by atoms with Gasteiger partial charge >= 0.3 is 0 Å². The molecule has 4 nitrogen and oxygen atoms in total. The molecule has 0 radical (unpaired) electrons. The summed E-state index contributed by atoms with van der Waals surface area (Å²) in [5.41, 5.74) is 2.05. The number of aryl methyl sites for hydroxylation is 1. The zero-order valence-electron chi connectivity index (χ0n) is 13.7. The molecule has 0 aliphatic rings. The van der Waals surface area contributed by atoms with E-state index in [-0.39, 0.29) is 0 Å². The third kappa shape index (κ3) is 7.34. The van der Waals surface area contributed by atoms with Gasteiger partial charge in [0, 0.05) is 18.8 Å². The molecule has 2 N–H and O–H groups in total. The predicted octanol–water partition coefficient (Wildman–Crippen LogP) is 3.23. The monoisotopic (exact) mass is 295 g/mol. The van der Waals surface area contributed by atoms with Crippen LogP contribution in [-0.2, 0) is 4.74 Å². The third-order valence-corrected chi connectivity index (χ3v) is 3.32. The van der Waals surface area contributed by atoms with Gasteiger partial charge in [0.05, 0.1) is 19.8 Å². The molecule has 0 fully saturated rings. The van der Waals surface area contributed by atoms with Crippen molar-refractivity contribution >= 4 is 5.69 Å². The van der Waals surface area contributed by atoms with Crippen molar-refractivity contribution in [3.05, 3.63) is 23.8 Å². The lowest BCUT2D eigenvalue weighted by molar-refractivity contribution is 0.0409. The van der Waals surface area contributed by atoms with Crippen LogP contribution in [0.25, 0.3) is 0 Å². The molecule has 1 aromatic rings. The van der Waals surface area contributed by atoms with Gasteiger partial charge in [0.1, 0.15) is 5.75 Å². The molecule has 0 aliphatic heterocycles. The van der Waals surface area contributed by atoms with Crippen LogP contribution >= 0.6 is 0 Å². The highest BCUT2D eigenvalue weighted by atomic mass is 16.5. The maximum atomic E-state index is 9.88. The molecule has 4 heteroatoms. The Labute approximate surface area is 128 Å². The standard InChI is InChI=1S/C17H29NO3/c1-13(2)6-5-9-21-12-16(19)11-18-15-7-8-17(20-4)14(3)10-15/h7-8,10,13,16,18-19H,5-6,9,11-12H2,1-4H3. The van der Waals surface area contributed by atoms with Gasteiger partial charge in [0.2, 0.25) is 0 Å². The van der Waals surface area contributed by atoms with E-state index in [1.165, 1.54) is 6.42 Å². The minimum Gasteiger partial charge on any atom is -0.496 e. The molecule has 0 saturated heterocycles. The van der Waals surface area contributed by atoms with Gasteiger partial charge in [-0.2, -0.15) is 0 Å². The Balaban J connectivity index is 2.20. The number of ether oxygens (including phenoxy) is 2. The predicted molar refractivity (Wildman–Crippen MR) is 87.1 cm³/mol. The Morgan fingerprint density at radius 1 is 1.29 bits per heavy atom. The zero-order chi connectivity index (χ0) is 15.7. The summed E-state index contributed by atoms with van der Waals surface area (Å²) in [4.78, 5) is 0. The molecule has 21 heavy (non-hydrogen) atoms. The van der Waals surface area contributed by atoms with Gasteiger partial charge in [-0.1, -0.05) is 13.8 Å². The van der Waals surface area contributed by atoms with E-state index in [1.54, 1.807) is 7.11 Å². The van der Waals surface area contributed by atoms with Crippen LogP contribution in [0.3, 0.4) is 0 Å². The Morgan fingerprint density at radius 3 is 2.67 bits per heavy atom. The molecule has 0 spiro atoms. The van der Waals surface area contributed by atoms with E-state index >= 15 is 0 Å². The van der Waals surface area contributed by atoms with Crippen molar-refractivity contribution in [2.45, 2.75) is 39.7 Å². The second-order valence-corrected chi connectivity index (χ2v) is 5.83. The highest BCUT2D eigenvalue weighted by molar-refractivity contribution is 5.50. The molecule has 1 unspecified atom stereocenters. The number of aliphatic hydroxyl groups excluding tert-OH is 1. The van der Waals surface area contributed by atoms with E-state index in [2.05, 4.69) is 19.2 Å². The van der Waals surface area contributed by atoms with Crippen molar-refractivity contribution in [1.29, 1.82) is 0 Å². The van der Waals surface area contributed by atoms with Crippen molar-refractivity contribution < 1.29 is 14.6 Å². The molecular formula is C17H29NO3. The third-order valence-electron chi connectivity index (χ3n) is 3.32. The quantitative estimate of drug-likeness (QED) is 0.651. The summed E-state index contributed by atoms with van der Waals surface area (Å²) in [5.74, 6) is 1.58. The van der Waals surface area contributed by atoms with E-state index in [1.807, 2.05) is 25.1 Å². The number of hydrogen-bond donors (Lipinski definition) is 2. The molecule has 0 aromatic heterocycles. The summed E-state index contributed by atoms with van der Waals surface area (Å²) in [6, 6.07) is 5.88. The van der Waals surface area contributed by atoms with Gasteiger partial charge < -0.3 is 19.9 Å². The van der Waals surface area contributed by atoms with E-state index in [4.69, 9.17) is 9.47 Å². The molecule has 0 aliphatic carbocycles. The van der Waals surface area contributed by atoms with Gasteiger partial charge in [0.25, 0.3) is 0 Å². The molecule has 0 amide bonds. The average molecular weight is 295 g/mol. The first kappa shape index (κ1) is 17.8. The molecule has 0 bridgehead atoms. The number of benzene rings is 1. The second kappa shape index (κ2) is 9.64. The van der Waals surface area contributed by atoms with Crippen LogP contribution in [0.1, 0.15) is 32.3 Å². The van der Waals surface area contributed by atoms with Crippen LogP contribution in [0.2, 0.25) is 0 Å². The minimum absolute atomic E-state index is 0.375. The Kier molecular flexibility index (Phi) is 8.16. The Bertz CT molecular complexity index is 407. The van der Waals surface area contributed by atoms with Crippen molar-refractivity contribution in [3.8, 4) is 5.75 Å². The zero-order valence-corrected chi connectivity index (χ0v) is 13.7. The van der Waals surface area contributed by atoms with Crippen LogP contribution in [0.4, 0.5) is 5.69 Å². The lowest BCUT2D eigenvalue weighted by Gasteiger charge is -2.14. The van der Waals surface area contributed by atoms with Crippen LogP contribution in [-0.4, -0.2) is 38.1 Å². The fourth-order valence-electron chi connectivity index (χ4n) is 2.10. The van der Waals surface area contributed by atoms with Gasteiger partial charge in [-0.15, -0.1) is 0 Å². The number of nitrogens with one attached hydrogen (secondary N) is 1. The van der Waals surface area contributed by atoms with E-state index < -0.39 is 6.10 Å². The molecular weight excluding hydrogens is 266 g/mol. The first-order valence-corrected chi connectivity index (χ1v) is 7.67. The molecule has 1 atom stereocenters. The Hall–Kier alpha value is -1.26. The molecule has 1 rings (SSSR count). The van der Waals surface area contributed by atoms with Gasteiger partial charge in [-0.25, -0.2) is 0 Å². The van der Waals surface area contributed by atoms with Crippen LogP contribution in [0, 0.1) is 12.8 Å². The summed E-state index contributed by atoms with van der Waals surface area (Å²) in [6.45, 7) is 7.98. The Morgan fingerprint density at radius 2 is 2.05 bits per heavy atom. The number of hydrogen-bond acceptors (Lipinski definition) is 4. The molecule has 0 saturated carbocycles. The van der Waals surface area contributed by atoms with E-state index in [0.29, 0.717) is 19.1 Å². The minimum atomic E-state index is -0.494. The molecule has 120 valence electrons. The number of rotatable bonds is 10. The second-order valence-electron chi connectivity index (χ2n) is 5.83. The summed E-state index contributed by atoms with van der Waals surface area (Å²) in [5, 5.41) is 13.1. The highest BCUT2D eigenvalue weighted by Crippen LogP contribution is 2.21. The fourth-order valence-corrected chi connectivity index (χ4v) is 2.10. The fraction of sp³-hybridized carbons (Fsp3) is 0.647. The molecule has 1 aromatic carbocycles.